The van der Waals surface area contributed by atoms with Gasteiger partial charge in [-0.2, -0.15) is 0 Å². The molecule has 0 bridgehead atoms. The van der Waals surface area contributed by atoms with Crippen LogP contribution in [-0.4, -0.2) is 17.7 Å². The summed E-state index contributed by atoms with van der Waals surface area (Å²) < 4.78 is 21.0. The Balaban J connectivity index is 2.20. The lowest BCUT2D eigenvalue weighted by atomic mass is 10.0. The lowest BCUT2D eigenvalue weighted by Crippen LogP contribution is -2.23. The zero-order valence-electron chi connectivity index (χ0n) is 12.8. The third-order valence-corrected chi connectivity index (χ3v) is 6.57. The van der Waals surface area contributed by atoms with Crippen LogP contribution in [0.4, 0.5) is 5.69 Å². The van der Waals surface area contributed by atoms with E-state index in [0.717, 1.165) is 5.56 Å². The maximum absolute atomic E-state index is 13.7. The van der Waals surface area contributed by atoms with Crippen LogP contribution in [0.1, 0.15) is 24.9 Å². The highest BCUT2D eigenvalue weighted by molar-refractivity contribution is 7.69. The van der Waals surface area contributed by atoms with E-state index >= 15 is 0 Å². The highest BCUT2D eigenvalue weighted by Crippen LogP contribution is 2.62. The first-order valence-corrected chi connectivity index (χ1v) is 9.06. The predicted molar refractivity (Wildman–Crippen MR) is 89.2 cm³/mol. The summed E-state index contributed by atoms with van der Waals surface area (Å²) in [5.41, 5.74) is 1.46. The predicted octanol–water partition coefficient (Wildman–Crippen LogP) is 3.58. The van der Waals surface area contributed by atoms with Crippen molar-refractivity contribution in [1.29, 1.82) is 0 Å². The van der Waals surface area contributed by atoms with Gasteiger partial charge < -0.3 is 9.63 Å². The van der Waals surface area contributed by atoms with Crippen molar-refractivity contribution in [3.05, 3.63) is 60.2 Å². The molecule has 5 nitrogen and oxygen atoms in total. The molecule has 6 heteroatoms. The van der Waals surface area contributed by atoms with Gasteiger partial charge >= 0.3 is 13.5 Å². The monoisotopic (exact) mass is 331 g/mol. The van der Waals surface area contributed by atoms with Gasteiger partial charge in [0, 0.05) is 5.69 Å². The third kappa shape index (κ3) is 2.67. The molecule has 3 rings (SSSR count). The average molecular weight is 331 g/mol. The fourth-order valence-corrected chi connectivity index (χ4v) is 5.72. The topological polar surface area (TPSA) is 66.8 Å². The lowest BCUT2D eigenvalue weighted by Gasteiger charge is -2.31. The molecule has 0 fully saturated rings. The first-order chi connectivity index (χ1) is 11.1. The van der Waals surface area contributed by atoms with Gasteiger partial charge in [-0.1, -0.05) is 36.4 Å². The Morgan fingerprint density at radius 1 is 1.17 bits per heavy atom. The van der Waals surface area contributed by atoms with E-state index in [1.165, 1.54) is 0 Å². The summed E-state index contributed by atoms with van der Waals surface area (Å²) in [4.78, 5) is 11.4. The maximum Gasteiger partial charge on any atom is 0.327 e. The zero-order chi connectivity index (χ0) is 16.4. The molecule has 2 aromatic carbocycles. The Labute approximate surface area is 135 Å². The van der Waals surface area contributed by atoms with E-state index < -0.39 is 19.5 Å². The second-order valence-electron chi connectivity index (χ2n) is 5.29. The fourth-order valence-electron chi connectivity index (χ4n) is 3.04. The van der Waals surface area contributed by atoms with Crippen LogP contribution in [-0.2, 0) is 13.9 Å². The van der Waals surface area contributed by atoms with Crippen molar-refractivity contribution >= 4 is 24.5 Å². The number of aliphatic carboxylic acids is 1. The molecule has 0 saturated carbocycles. The van der Waals surface area contributed by atoms with E-state index in [9.17, 15) is 14.5 Å². The number of nitrogens with zero attached hydrogens (tertiary/aromatic N) is 1. The average Bonchev–Trinajstić information content (AvgIpc) is 2.78. The van der Waals surface area contributed by atoms with Crippen LogP contribution in [0.5, 0.6) is 0 Å². The number of anilines is 1. The van der Waals surface area contributed by atoms with Crippen LogP contribution in [0.15, 0.2) is 54.6 Å². The SMILES string of the molecule is CCOP1(=O)c2ccccc2C(CC(=O)O)N1c1ccccc1. The second kappa shape index (κ2) is 6.19. The number of fused-ring (bicyclic) bond motifs is 1. The zero-order valence-corrected chi connectivity index (χ0v) is 13.6. The second-order valence-corrected chi connectivity index (χ2v) is 7.50. The summed E-state index contributed by atoms with van der Waals surface area (Å²) in [6.07, 6.45) is -0.136. The molecule has 2 atom stereocenters. The van der Waals surface area contributed by atoms with Crippen molar-refractivity contribution in [3.8, 4) is 0 Å². The molecule has 0 aliphatic carbocycles. The quantitative estimate of drug-likeness (QED) is 0.848. The first-order valence-electron chi connectivity index (χ1n) is 7.48. The van der Waals surface area contributed by atoms with Gasteiger partial charge in [-0.05, 0) is 30.7 Å². The summed E-state index contributed by atoms with van der Waals surface area (Å²) in [6, 6.07) is 15.9. The van der Waals surface area contributed by atoms with Gasteiger partial charge in [0.15, 0.2) is 0 Å². The Morgan fingerprint density at radius 3 is 2.48 bits per heavy atom. The third-order valence-electron chi connectivity index (χ3n) is 3.87. The van der Waals surface area contributed by atoms with Gasteiger partial charge in [-0.3, -0.25) is 14.0 Å². The lowest BCUT2D eigenvalue weighted by molar-refractivity contribution is -0.137. The molecule has 1 N–H and O–H groups in total. The summed E-state index contributed by atoms with van der Waals surface area (Å²) in [5, 5.41) is 9.90. The summed E-state index contributed by atoms with van der Waals surface area (Å²) in [6.45, 7) is 2.07. The molecule has 1 aliphatic heterocycles. The van der Waals surface area contributed by atoms with E-state index in [-0.39, 0.29) is 13.0 Å². The van der Waals surface area contributed by atoms with Crippen molar-refractivity contribution in [3.63, 3.8) is 0 Å². The molecule has 2 unspecified atom stereocenters. The minimum absolute atomic E-state index is 0.136. The van der Waals surface area contributed by atoms with Gasteiger partial charge in [0.25, 0.3) is 0 Å². The van der Waals surface area contributed by atoms with Crippen molar-refractivity contribution in [1.82, 2.24) is 0 Å². The van der Waals surface area contributed by atoms with E-state index in [1.54, 1.807) is 23.7 Å². The fraction of sp³-hybridized carbons (Fsp3) is 0.235. The highest BCUT2D eigenvalue weighted by Gasteiger charge is 2.48. The molecule has 120 valence electrons. The van der Waals surface area contributed by atoms with E-state index in [2.05, 4.69) is 0 Å². The standard InChI is InChI=1S/C17H18NO4P/c1-2-22-23(21)16-11-7-6-10-14(16)15(12-17(19)20)18(23)13-8-4-3-5-9-13/h3-11,15H,2,12H2,1H3,(H,19,20). The number of carboxylic acid groups (broad SMARTS) is 1. The number of rotatable bonds is 5. The Kier molecular flexibility index (Phi) is 4.24. The van der Waals surface area contributed by atoms with Crippen molar-refractivity contribution in [2.24, 2.45) is 0 Å². The molecule has 1 aliphatic rings. The molecule has 0 spiro atoms. The van der Waals surface area contributed by atoms with Gasteiger partial charge in [-0.25, -0.2) is 0 Å². The molecule has 1 heterocycles. The largest absolute Gasteiger partial charge is 0.481 e. The number of hydrogen-bond donors (Lipinski definition) is 1. The van der Waals surface area contributed by atoms with E-state index in [1.807, 2.05) is 42.5 Å². The Morgan fingerprint density at radius 2 is 1.83 bits per heavy atom. The van der Waals surface area contributed by atoms with Crippen molar-refractivity contribution < 1.29 is 19.0 Å². The van der Waals surface area contributed by atoms with Gasteiger partial charge in [0.1, 0.15) is 0 Å². The minimum atomic E-state index is -3.33. The number of benzene rings is 2. The summed E-state index contributed by atoms with van der Waals surface area (Å²) in [7, 11) is -3.33. The Hall–Kier alpha value is -2.10. The Bertz CT molecular complexity index is 762. The van der Waals surface area contributed by atoms with E-state index in [0.29, 0.717) is 11.0 Å². The number of carboxylic acids is 1. The molecular weight excluding hydrogens is 313 g/mol. The molecule has 23 heavy (non-hydrogen) atoms. The van der Waals surface area contributed by atoms with E-state index in [4.69, 9.17) is 4.52 Å². The van der Waals surface area contributed by atoms with Crippen LogP contribution in [0.2, 0.25) is 0 Å². The maximum atomic E-state index is 13.7. The van der Waals surface area contributed by atoms with Crippen LogP contribution < -0.4 is 9.97 Å². The molecule has 0 aromatic heterocycles. The van der Waals surface area contributed by atoms with Crippen LogP contribution >= 0.6 is 7.52 Å². The molecule has 0 amide bonds. The van der Waals surface area contributed by atoms with Crippen LogP contribution in [0, 0.1) is 0 Å². The molecule has 0 saturated heterocycles. The number of carbonyl (C=O) groups is 1. The highest BCUT2D eigenvalue weighted by atomic mass is 31.2. The first kappa shape index (κ1) is 15.8. The van der Waals surface area contributed by atoms with Gasteiger partial charge in [0.2, 0.25) is 0 Å². The van der Waals surface area contributed by atoms with Gasteiger partial charge in [0.05, 0.1) is 24.4 Å². The molecule has 0 radical (unpaired) electrons. The van der Waals surface area contributed by atoms with Crippen molar-refractivity contribution in [2.75, 3.05) is 11.3 Å². The smallest absolute Gasteiger partial charge is 0.327 e. The number of para-hydroxylation sites is 1. The molecular formula is C17H18NO4P. The van der Waals surface area contributed by atoms with Crippen LogP contribution in [0.25, 0.3) is 0 Å². The van der Waals surface area contributed by atoms with Gasteiger partial charge in [-0.15, -0.1) is 0 Å². The van der Waals surface area contributed by atoms with Crippen molar-refractivity contribution in [2.45, 2.75) is 19.4 Å². The molecule has 2 aromatic rings. The number of hydrogen-bond acceptors (Lipinski definition) is 3. The minimum Gasteiger partial charge on any atom is -0.481 e. The van der Waals surface area contributed by atoms with Crippen LogP contribution in [0.3, 0.4) is 0 Å². The summed E-state index contributed by atoms with van der Waals surface area (Å²) >= 11 is 0. The summed E-state index contributed by atoms with van der Waals surface area (Å²) in [5.74, 6) is -0.935. The normalized spacial score (nSPS) is 22.8.